The van der Waals surface area contributed by atoms with Gasteiger partial charge in [-0.25, -0.2) is 0 Å². The van der Waals surface area contributed by atoms with Gasteiger partial charge in [0.1, 0.15) is 0 Å². The Morgan fingerprint density at radius 2 is 1.77 bits per heavy atom. The summed E-state index contributed by atoms with van der Waals surface area (Å²) in [6.07, 6.45) is 7.01. The van der Waals surface area contributed by atoms with Crippen LogP contribution in [-0.2, 0) is 0 Å². The van der Waals surface area contributed by atoms with Crippen LogP contribution in [0.1, 0.15) is 32.1 Å². The summed E-state index contributed by atoms with van der Waals surface area (Å²) in [5, 5.41) is 0. The Bertz CT molecular complexity index is 140. The molecule has 0 aromatic carbocycles. The molecule has 2 nitrogen and oxygen atoms in total. The Balaban J connectivity index is 0.000000720. The zero-order valence-electron chi connectivity index (χ0n) is 7.95. The number of nitrogens with two attached hydrogens (primary N) is 1. The molecule has 0 amide bonds. The predicted molar refractivity (Wildman–Crippen MR) is 60.9 cm³/mol. The van der Waals surface area contributed by atoms with Crippen molar-refractivity contribution in [2.75, 3.05) is 13.1 Å². The van der Waals surface area contributed by atoms with Gasteiger partial charge in [0.25, 0.3) is 0 Å². The van der Waals surface area contributed by atoms with Crippen molar-refractivity contribution in [1.82, 2.24) is 4.90 Å². The molecule has 4 heteroatoms. The Morgan fingerprint density at radius 1 is 1.08 bits per heavy atom. The maximum absolute atomic E-state index is 5.70. The molecule has 0 aromatic rings. The van der Waals surface area contributed by atoms with Crippen molar-refractivity contribution in [3.63, 3.8) is 0 Å². The fraction of sp³-hybridized carbons (Fsp3) is 1.00. The first-order chi connectivity index (χ1) is 5.42. The fourth-order valence-electron chi connectivity index (χ4n) is 2.31. The highest BCUT2D eigenvalue weighted by molar-refractivity contribution is 5.85. The Hall–Kier alpha value is 0.500. The van der Waals surface area contributed by atoms with Gasteiger partial charge in [0.2, 0.25) is 0 Å². The van der Waals surface area contributed by atoms with Crippen molar-refractivity contribution < 1.29 is 0 Å². The maximum atomic E-state index is 5.70. The van der Waals surface area contributed by atoms with E-state index in [0.29, 0.717) is 0 Å². The molecule has 2 N–H and O–H groups in total. The van der Waals surface area contributed by atoms with Gasteiger partial charge < -0.3 is 5.73 Å². The van der Waals surface area contributed by atoms with Crippen molar-refractivity contribution in [2.45, 2.75) is 44.2 Å². The van der Waals surface area contributed by atoms with E-state index in [1.165, 1.54) is 38.6 Å². The van der Waals surface area contributed by atoms with Gasteiger partial charge in [-0.05, 0) is 32.2 Å². The van der Waals surface area contributed by atoms with Gasteiger partial charge in [-0.3, -0.25) is 4.90 Å². The SMILES string of the molecule is Cl.Cl.NCC1CCCN1C1CCC1. The molecule has 80 valence electrons. The first-order valence-corrected chi connectivity index (χ1v) is 4.87. The van der Waals surface area contributed by atoms with E-state index in [-0.39, 0.29) is 24.8 Å². The van der Waals surface area contributed by atoms with Crippen LogP contribution in [0.4, 0.5) is 0 Å². The molecule has 13 heavy (non-hydrogen) atoms. The van der Waals surface area contributed by atoms with Crippen molar-refractivity contribution in [2.24, 2.45) is 5.73 Å². The van der Waals surface area contributed by atoms with Crippen LogP contribution in [0.25, 0.3) is 0 Å². The number of nitrogens with zero attached hydrogens (tertiary/aromatic N) is 1. The predicted octanol–water partition coefficient (Wildman–Crippen LogP) is 1.81. The van der Waals surface area contributed by atoms with Crippen molar-refractivity contribution in [3.8, 4) is 0 Å². The molecule has 1 unspecified atom stereocenters. The van der Waals surface area contributed by atoms with Crippen LogP contribution in [0.15, 0.2) is 0 Å². The molecular formula is C9H20Cl2N2. The summed E-state index contributed by atoms with van der Waals surface area (Å²) in [5.74, 6) is 0. The van der Waals surface area contributed by atoms with Crippen LogP contribution >= 0.6 is 24.8 Å². The first kappa shape index (κ1) is 13.5. The van der Waals surface area contributed by atoms with Crippen molar-refractivity contribution >= 4 is 24.8 Å². The molecule has 1 heterocycles. The van der Waals surface area contributed by atoms with Crippen LogP contribution in [0, 0.1) is 0 Å². The number of likely N-dealkylation sites (tertiary alicyclic amines) is 1. The van der Waals surface area contributed by atoms with E-state index in [4.69, 9.17) is 5.73 Å². The number of rotatable bonds is 2. The minimum Gasteiger partial charge on any atom is -0.329 e. The molecule has 0 aromatic heterocycles. The molecule has 0 spiro atoms. The monoisotopic (exact) mass is 226 g/mol. The quantitative estimate of drug-likeness (QED) is 0.779. The molecule has 0 radical (unpaired) electrons. The van der Waals surface area contributed by atoms with Crippen molar-refractivity contribution in [3.05, 3.63) is 0 Å². The van der Waals surface area contributed by atoms with E-state index in [2.05, 4.69) is 4.90 Å². The van der Waals surface area contributed by atoms with E-state index in [1.54, 1.807) is 0 Å². The third-order valence-corrected chi connectivity index (χ3v) is 3.24. The molecule has 2 rings (SSSR count). The van der Waals surface area contributed by atoms with E-state index in [1.807, 2.05) is 0 Å². The van der Waals surface area contributed by atoms with Gasteiger partial charge in [-0.2, -0.15) is 0 Å². The second-order valence-electron chi connectivity index (χ2n) is 3.85. The Morgan fingerprint density at radius 3 is 2.23 bits per heavy atom. The van der Waals surface area contributed by atoms with Gasteiger partial charge in [0.05, 0.1) is 0 Å². The van der Waals surface area contributed by atoms with Gasteiger partial charge in [-0.15, -0.1) is 24.8 Å². The number of hydrogen-bond donors (Lipinski definition) is 1. The molecule has 1 saturated heterocycles. The molecule has 2 fully saturated rings. The van der Waals surface area contributed by atoms with Crippen LogP contribution < -0.4 is 5.73 Å². The van der Waals surface area contributed by atoms with Crippen LogP contribution in [-0.4, -0.2) is 30.1 Å². The molecule has 1 aliphatic carbocycles. The summed E-state index contributed by atoms with van der Waals surface area (Å²) < 4.78 is 0. The lowest BCUT2D eigenvalue weighted by Gasteiger charge is -2.38. The van der Waals surface area contributed by atoms with E-state index < -0.39 is 0 Å². The summed E-state index contributed by atoms with van der Waals surface area (Å²) in [4.78, 5) is 2.64. The van der Waals surface area contributed by atoms with Crippen molar-refractivity contribution in [1.29, 1.82) is 0 Å². The topological polar surface area (TPSA) is 29.3 Å². The largest absolute Gasteiger partial charge is 0.329 e. The summed E-state index contributed by atoms with van der Waals surface area (Å²) in [6, 6.07) is 1.63. The zero-order valence-corrected chi connectivity index (χ0v) is 9.58. The summed E-state index contributed by atoms with van der Waals surface area (Å²) in [6.45, 7) is 2.18. The minimum atomic E-state index is 0. The van der Waals surface area contributed by atoms with Gasteiger partial charge in [-0.1, -0.05) is 6.42 Å². The lowest BCUT2D eigenvalue weighted by molar-refractivity contribution is 0.117. The number of hydrogen-bond acceptors (Lipinski definition) is 2. The molecule has 0 bridgehead atoms. The second-order valence-corrected chi connectivity index (χ2v) is 3.85. The third-order valence-electron chi connectivity index (χ3n) is 3.24. The molecule has 2 aliphatic rings. The van der Waals surface area contributed by atoms with Crippen LogP contribution in [0.3, 0.4) is 0 Å². The second kappa shape index (κ2) is 6.07. The highest BCUT2D eigenvalue weighted by Gasteiger charge is 2.32. The van der Waals surface area contributed by atoms with Gasteiger partial charge in [0, 0.05) is 18.6 Å². The summed E-state index contributed by atoms with van der Waals surface area (Å²) in [5.41, 5.74) is 5.70. The Labute approximate surface area is 93.1 Å². The van der Waals surface area contributed by atoms with Crippen LogP contribution in [0.2, 0.25) is 0 Å². The highest BCUT2D eigenvalue weighted by Crippen LogP contribution is 2.30. The summed E-state index contributed by atoms with van der Waals surface area (Å²) >= 11 is 0. The lowest BCUT2D eigenvalue weighted by atomic mass is 9.91. The minimum absolute atomic E-state index is 0. The van der Waals surface area contributed by atoms with E-state index in [0.717, 1.165) is 18.6 Å². The fourth-order valence-corrected chi connectivity index (χ4v) is 2.31. The molecule has 1 aliphatic heterocycles. The molecule has 1 saturated carbocycles. The highest BCUT2D eigenvalue weighted by atomic mass is 35.5. The average Bonchev–Trinajstić information content (AvgIpc) is 2.32. The number of halogens is 2. The average molecular weight is 227 g/mol. The maximum Gasteiger partial charge on any atom is 0.0221 e. The molecule has 1 atom stereocenters. The standard InChI is InChI=1S/C9H18N2.2ClH/c10-7-9-5-2-6-11(9)8-3-1-4-8;;/h8-9H,1-7,10H2;2*1H. The van der Waals surface area contributed by atoms with Gasteiger partial charge >= 0.3 is 0 Å². The smallest absolute Gasteiger partial charge is 0.0221 e. The Kier molecular flexibility index (Phi) is 6.31. The normalized spacial score (nSPS) is 28.8. The first-order valence-electron chi connectivity index (χ1n) is 4.87. The summed E-state index contributed by atoms with van der Waals surface area (Å²) in [7, 11) is 0. The molecular weight excluding hydrogens is 207 g/mol. The lowest BCUT2D eigenvalue weighted by Crippen LogP contribution is -2.45. The van der Waals surface area contributed by atoms with E-state index >= 15 is 0 Å². The van der Waals surface area contributed by atoms with Crippen LogP contribution in [0.5, 0.6) is 0 Å². The zero-order chi connectivity index (χ0) is 7.68. The third kappa shape index (κ3) is 2.72. The van der Waals surface area contributed by atoms with Gasteiger partial charge in [0.15, 0.2) is 0 Å². The van der Waals surface area contributed by atoms with E-state index in [9.17, 15) is 0 Å².